The van der Waals surface area contributed by atoms with E-state index in [1.807, 2.05) is 0 Å². The summed E-state index contributed by atoms with van der Waals surface area (Å²) in [6.07, 6.45) is 1.43. The van der Waals surface area contributed by atoms with Crippen LogP contribution in [0.3, 0.4) is 0 Å². The predicted octanol–water partition coefficient (Wildman–Crippen LogP) is 0.287. The van der Waals surface area contributed by atoms with Gasteiger partial charge in [0.25, 0.3) is 5.56 Å². The van der Waals surface area contributed by atoms with Gasteiger partial charge in [0.2, 0.25) is 0 Å². The molecule has 0 bridgehead atoms. The van der Waals surface area contributed by atoms with Crippen LogP contribution in [-0.2, 0) is 17.7 Å². The van der Waals surface area contributed by atoms with Gasteiger partial charge in [-0.1, -0.05) is 0 Å². The lowest BCUT2D eigenvalue weighted by Crippen LogP contribution is -2.21. The summed E-state index contributed by atoms with van der Waals surface area (Å²) in [6.45, 7) is 0.596. The predicted molar refractivity (Wildman–Crippen MR) is 52.0 cm³/mol. The van der Waals surface area contributed by atoms with Gasteiger partial charge in [-0.05, 0) is 12.8 Å². The number of hydrogen-bond donors (Lipinski definition) is 1. The summed E-state index contributed by atoms with van der Waals surface area (Å²) in [5.74, 6) is -0.891. The molecule has 1 aromatic heterocycles. The molecule has 2 heterocycles. The maximum Gasteiger partial charge on any atom is 0.343 e. The molecule has 0 unspecified atom stereocenters. The van der Waals surface area contributed by atoms with Gasteiger partial charge in [-0.25, -0.2) is 4.79 Å². The third-order valence-corrected chi connectivity index (χ3v) is 2.58. The van der Waals surface area contributed by atoms with Crippen LogP contribution in [0.4, 0.5) is 0 Å². The summed E-state index contributed by atoms with van der Waals surface area (Å²) in [4.78, 5) is 22.9. The van der Waals surface area contributed by atoms with Crippen LogP contribution in [0, 0.1) is 0 Å². The summed E-state index contributed by atoms with van der Waals surface area (Å²) < 4.78 is 6.07. The van der Waals surface area contributed by atoms with Crippen molar-refractivity contribution in [1.29, 1.82) is 0 Å². The van der Waals surface area contributed by atoms with Crippen molar-refractivity contribution in [3.63, 3.8) is 0 Å². The van der Waals surface area contributed by atoms with Gasteiger partial charge >= 0.3 is 5.97 Å². The van der Waals surface area contributed by atoms with Crippen molar-refractivity contribution in [3.8, 4) is 5.75 Å². The first-order valence-electron chi connectivity index (χ1n) is 4.69. The summed E-state index contributed by atoms with van der Waals surface area (Å²) in [5, 5.41) is 9.54. The second-order valence-electron chi connectivity index (χ2n) is 3.44. The number of carbonyl (C=O) groups excluding carboxylic acids is 1. The largest absolute Gasteiger partial charge is 0.507 e. The van der Waals surface area contributed by atoms with Crippen molar-refractivity contribution < 1.29 is 14.6 Å². The molecule has 1 aliphatic heterocycles. The number of carbonyl (C=O) groups is 1. The second kappa shape index (κ2) is 3.42. The number of ether oxygens (including phenoxy) is 1. The van der Waals surface area contributed by atoms with E-state index in [4.69, 9.17) is 0 Å². The highest BCUT2D eigenvalue weighted by Gasteiger charge is 2.24. The van der Waals surface area contributed by atoms with Crippen molar-refractivity contribution >= 4 is 5.97 Å². The molecule has 0 saturated carbocycles. The molecular weight excluding hydrogens is 198 g/mol. The smallest absolute Gasteiger partial charge is 0.343 e. The second-order valence-corrected chi connectivity index (χ2v) is 3.44. The molecule has 1 N–H and O–H groups in total. The number of methoxy groups -OCH3 is 1. The van der Waals surface area contributed by atoms with Crippen LogP contribution in [0.25, 0.3) is 0 Å². The highest BCUT2D eigenvalue weighted by Crippen LogP contribution is 2.24. The fourth-order valence-electron chi connectivity index (χ4n) is 1.92. The molecule has 0 saturated heterocycles. The van der Waals surface area contributed by atoms with Crippen LogP contribution in [0.1, 0.15) is 22.5 Å². The molecule has 0 spiro atoms. The molecule has 0 radical (unpaired) electrons. The van der Waals surface area contributed by atoms with E-state index < -0.39 is 5.97 Å². The Hall–Kier alpha value is -1.78. The Morgan fingerprint density at radius 2 is 2.33 bits per heavy atom. The van der Waals surface area contributed by atoms with Crippen LogP contribution < -0.4 is 5.56 Å². The number of fused-ring (bicyclic) bond motifs is 1. The third kappa shape index (κ3) is 1.40. The zero-order valence-corrected chi connectivity index (χ0v) is 8.32. The molecule has 15 heavy (non-hydrogen) atoms. The molecule has 5 heteroatoms. The van der Waals surface area contributed by atoms with Crippen molar-refractivity contribution in [2.24, 2.45) is 0 Å². The van der Waals surface area contributed by atoms with Crippen LogP contribution in [-0.4, -0.2) is 22.8 Å². The summed E-state index contributed by atoms with van der Waals surface area (Å²) in [7, 11) is 1.25. The molecule has 0 amide bonds. The average Bonchev–Trinajstić information content (AvgIpc) is 2.66. The van der Waals surface area contributed by atoms with Gasteiger partial charge in [0.05, 0.1) is 7.11 Å². The zero-order valence-electron chi connectivity index (χ0n) is 8.32. The molecule has 2 rings (SSSR count). The first kappa shape index (κ1) is 9.76. The van der Waals surface area contributed by atoms with Crippen LogP contribution in [0.2, 0.25) is 0 Å². The Kier molecular flexibility index (Phi) is 2.22. The van der Waals surface area contributed by atoms with Gasteiger partial charge < -0.3 is 14.4 Å². The lowest BCUT2D eigenvalue weighted by atomic mass is 10.1. The van der Waals surface area contributed by atoms with Crippen LogP contribution in [0.5, 0.6) is 5.75 Å². The average molecular weight is 209 g/mol. The van der Waals surface area contributed by atoms with Gasteiger partial charge in [0.15, 0.2) is 0 Å². The highest BCUT2D eigenvalue weighted by molar-refractivity contribution is 5.93. The SMILES string of the molecule is COC(=O)c1c(O)cc(=O)n2c1CCC2. The number of aromatic nitrogens is 1. The highest BCUT2D eigenvalue weighted by atomic mass is 16.5. The van der Waals surface area contributed by atoms with Crippen LogP contribution in [0.15, 0.2) is 10.9 Å². The minimum atomic E-state index is -0.599. The lowest BCUT2D eigenvalue weighted by molar-refractivity contribution is 0.0595. The number of hydrogen-bond acceptors (Lipinski definition) is 4. The lowest BCUT2D eigenvalue weighted by Gasteiger charge is -2.09. The fourth-order valence-corrected chi connectivity index (χ4v) is 1.92. The first-order valence-corrected chi connectivity index (χ1v) is 4.69. The van der Waals surface area contributed by atoms with E-state index in [0.717, 1.165) is 12.5 Å². The van der Waals surface area contributed by atoms with Crippen molar-refractivity contribution in [3.05, 3.63) is 27.7 Å². The van der Waals surface area contributed by atoms with E-state index in [1.165, 1.54) is 11.7 Å². The Bertz CT molecular complexity index is 475. The Morgan fingerprint density at radius 3 is 3.00 bits per heavy atom. The Labute approximate surface area is 85.9 Å². The number of pyridine rings is 1. The van der Waals surface area contributed by atoms with Gasteiger partial charge in [0, 0.05) is 18.3 Å². The summed E-state index contributed by atoms with van der Waals surface area (Å²) in [6, 6.07) is 1.06. The first-order chi connectivity index (χ1) is 7.15. The molecular formula is C10H11NO4. The van der Waals surface area contributed by atoms with E-state index in [-0.39, 0.29) is 16.9 Å². The standard InChI is InChI=1S/C10H11NO4/c1-15-10(14)9-6-3-2-4-11(6)8(13)5-7(9)12/h5,12H,2-4H2,1H3. The number of aromatic hydroxyl groups is 1. The molecule has 5 nitrogen and oxygen atoms in total. The van der Waals surface area contributed by atoms with Crippen molar-refractivity contribution in [2.75, 3.05) is 7.11 Å². The van der Waals surface area contributed by atoms with E-state index in [1.54, 1.807) is 0 Å². The van der Waals surface area contributed by atoms with Crippen LogP contribution >= 0.6 is 0 Å². The molecule has 0 aliphatic carbocycles. The van der Waals surface area contributed by atoms with Crippen molar-refractivity contribution in [2.45, 2.75) is 19.4 Å². The zero-order chi connectivity index (χ0) is 11.0. The minimum absolute atomic E-state index is 0.120. The monoisotopic (exact) mass is 209 g/mol. The Balaban J connectivity index is 2.70. The van der Waals surface area contributed by atoms with Gasteiger partial charge in [-0.15, -0.1) is 0 Å². The molecule has 80 valence electrons. The third-order valence-electron chi connectivity index (χ3n) is 2.58. The summed E-state index contributed by atoms with van der Waals surface area (Å²) >= 11 is 0. The molecule has 1 aromatic rings. The number of esters is 1. The molecule has 0 fully saturated rings. The Morgan fingerprint density at radius 1 is 1.60 bits per heavy atom. The van der Waals surface area contributed by atoms with Gasteiger partial charge in [-0.2, -0.15) is 0 Å². The molecule has 0 atom stereocenters. The van der Waals surface area contributed by atoms with Gasteiger partial charge in [-0.3, -0.25) is 4.79 Å². The van der Waals surface area contributed by atoms with E-state index in [0.29, 0.717) is 18.7 Å². The van der Waals surface area contributed by atoms with Gasteiger partial charge in [0.1, 0.15) is 11.3 Å². The fraction of sp³-hybridized carbons (Fsp3) is 0.400. The van der Waals surface area contributed by atoms with E-state index in [2.05, 4.69) is 4.74 Å². The quantitative estimate of drug-likeness (QED) is 0.675. The maximum atomic E-state index is 11.4. The molecule has 0 aromatic carbocycles. The minimum Gasteiger partial charge on any atom is -0.507 e. The summed E-state index contributed by atoms with van der Waals surface area (Å²) in [5.41, 5.74) is 0.425. The van der Waals surface area contributed by atoms with E-state index in [9.17, 15) is 14.7 Å². The number of rotatable bonds is 1. The van der Waals surface area contributed by atoms with E-state index >= 15 is 0 Å². The number of nitrogens with zero attached hydrogens (tertiary/aromatic N) is 1. The maximum absolute atomic E-state index is 11.4. The topological polar surface area (TPSA) is 68.5 Å². The normalized spacial score (nSPS) is 13.7. The van der Waals surface area contributed by atoms with Crippen molar-refractivity contribution in [1.82, 2.24) is 4.57 Å². The molecule has 1 aliphatic rings.